The zero-order chi connectivity index (χ0) is 8.27. The van der Waals surface area contributed by atoms with Crippen molar-refractivity contribution in [1.82, 2.24) is 0 Å². The number of alkyl halides is 1. The Bertz CT molecular complexity index is 147. The molecular weight excluding hydrogens is 255 g/mol. The van der Waals surface area contributed by atoms with Gasteiger partial charge in [-0.15, -0.1) is 0 Å². The van der Waals surface area contributed by atoms with E-state index in [4.69, 9.17) is 4.74 Å². The minimum atomic E-state index is 0.00407. The van der Waals surface area contributed by atoms with Gasteiger partial charge in [0.05, 0.1) is 12.5 Å². The quantitative estimate of drug-likeness (QED) is 0.436. The summed E-state index contributed by atoms with van der Waals surface area (Å²) in [5, 5.41) is 0. The molecule has 0 aliphatic heterocycles. The van der Waals surface area contributed by atoms with Crippen molar-refractivity contribution in [3.05, 3.63) is 0 Å². The smallest absolute Gasteiger partial charge is 0.309 e. The molecule has 0 saturated heterocycles. The van der Waals surface area contributed by atoms with Gasteiger partial charge in [0.25, 0.3) is 0 Å². The van der Waals surface area contributed by atoms with Gasteiger partial charge in [-0.3, -0.25) is 4.79 Å². The van der Waals surface area contributed by atoms with Crippen LogP contribution < -0.4 is 0 Å². The van der Waals surface area contributed by atoms with Crippen molar-refractivity contribution in [3.63, 3.8) is 0 Å². The summed E-state index contributed by atoms with van der Waals surface area (Å²) in [6, 6.07) is 0. The molecule has 1 saturated carbocycles. The predicted octanol–water partition coefficient (Wildman–Crippen LogP) is 2.15. The standard InChI is InChI=1S/C8H13IO2/c1-2-11-8(10)6-4-3-5-7(6)9/h6-7H,2-5H2,1H3/t6-,7-/m1/s1. The fourth-order valence-corrected chi connectivity index (χ4v) is 2.52. The van der Waals surface area contributed by atoms with Crippen molar-refractivity contribution < 1.29 is 9.53 Å². The third-order valence-electron chi connectivity index (χ3n) is 2.02. The van der Waals surface area contributed by atoms with E-state index in [1.54, 1.807) is 0 Å². The first-order chi connectivity index (χ1) is 5.25. The maximum Gasteiger partial charge on any atom is 0.309 e. The van der Waals surface area contributed by atoms with Gasteiger partial charge in [0.2, 0.25) is 0 Å². The van der Waals surface area contributed by atoms with Crippen LogP contribution in [0.5, 0.6) is 0 Å². The molecule has 11 heavy (non-hydrogen) atoms. The first-order valence-electron chi connectivity index (χ1n) is 4.06. The van der Waals surface area contributed by atoms with Crippen molar-refractivity contribution in [2.24, 2.45) is 5.92 Å². The van der Waals surface area contributed by atoms with Crippen LogP contribution in [-0.2, 0) is 9.53 Å². The minimum absolute atomic E-state index is 0.00407. The molecule has 1 aliphatic rings. The van der Waals surface area contributed by atoms with Gasteiger partial charge in [-0.05, 0) is 19.8 Å². The van der Waals surface area contributed by atoms with Crippen LogP contribution in [0.1, 0.15) is 26.2 Å². The first kappa shape index (κ1) is 9.29. The van der Waals surface area contributed by atoms with Gasteiger partial charge in [-0.2, -0.15) is 0 Å². The molecule has 0 N–H and O–H groups in total. The van der Waals surface area contributed by atoms with Crippen LogP contribution in [0.25, 0.3) is 0 Å². The summed E-state index contributed by atoms with van der Waals surface area (Å²) < 4.78 is 5.46. The highest BCUT2D eigenvalue weighted by Gasteiger charge is 2.31. The molecule has 0 heterocycles. The molecule has 64 valence electrons. The first-order valence-corrected chi connectivity index (χ1v) is 5.31. The Hall–Kier alpha value is 0.200. The summed E-state index contributed by atoms with van der Waals surface area (Å²) in [7, 11) is 0. The summed E-state index contributed by atoms with van der Waals surface area (Å²) in [6.07, 6.45) is 3.37. The molecule has 0 amide bonds. The Morgan fingerprint density at radius 3 is 2.82 bits per heavy atom. The van der Waals surface area contributed by atoms with Crippen molar-refractivity contribution in [3.8, 4) is 0 Å². The number of rotatable bonds is 2. The van der Waals surface area contributed by atoms with Crippen molar-refractivity contribution in [1.29, 1.82) is 0 Å². The number of halogens is 1. The van der Waals surface area contributed by atoms with Gasteiger partial charge in [0.15, 0.2) is 0 Å². The van der Waals surface area contributed by atoms with E-state index in [-0.39, 0.29) is 11.9 Å². The summed E-state index contributed by atoms with van der Waals surface area (Å²) in [5.74, 6) is 0.181. The van der Waals surface area contributed by atoms with E-state index in [0.717, 1.165) is 6.42 Å². The Balaban J connectivity index is 2.39. The van der Waals surface area contributed by atoms with Crippen LogP contribution in [0, 0.1) is 5.92 Å². The maximum absolute atomic E-state index is 11.2. The topological polar surface area (TPSA) is 26.3 Å². The largest absolute Gasteiger partial charge is 0.466 e. The van der Waals surface area contributed by atoms with Gasteiger partial charge in [0.1, 0.15) is 0 Å². The van der Waals surface area contributed by atoms with E-state index in [0.29, 0.717) is 10.5 Å². The number of hydrogen-bond acceptors (Lipinski definition) is 2. The van der Waals surface area contributed by atoms with Crippen molar-refractivity contribution >= 4 is 28.6 Å². The average Bonchev–Trinajstić information content (AvgIpc) is 2.36. The molecule has 0 unspecified atom stereocenters. The minimum Gasteiger partial charge on any atom is -0.466 e. The third-order valence-corrected chi connectivity index (χ3v) is 3.51. The van der Waals surface area contributed by atoms with Crippen molar-refractivity contribution in [2.75, 3.05) is 6.61 Å². The van der Waals surface area contributed by atoms with Gasteiger partial charge < -0.3 is 4.74 Å². The van der Waals surface area contributed by atoms with Gasteiger partial charge >= 0.3 is 5.97 Å². The molecule has 0 radical (unpaired) electrons. The molecule has 2 atom stereocenters. The summed E-state index contributed by atoms with van der Waals surface area (Å²) >= 11 is 2.35. The van der Waals surface area contributed by atoms with Crippen LogP contribution in [0.2, 0.25) is 0 Å². The lowest BCUT2D eigenvalue weighted by molar-refractivity contribution is -0.147. The molecule has 1 fully saturated rings. The molecule has 0 spiro atoms. The fraction of sp³-hybridized carbons (Fsp3) is 0.875. The van der Waals surface area contributed by atoms with E-state index >= 15 is 0 Å². The Morgan fingerprint density at radius 1 is 1.64 bits per heavy atom. The normalized spacial score (nSPS) is 30.4. The fourth-order valence-electron chi connectivity index (χ4n) is 1.43. The zero-order valence-corrected chi connectivity index (χ0v) is 8.84. The van der Waals surface area contributed by atoms with Crippen LogP contribution in [0.15, 0.2) is 0 Å². The second-order valence-electron chi connectivity index (χ2n) is 2.81. The molecule has 0 bridgehead atoms. The van der Waals surface area contributed by atoms with Crippen molar-refractivity contribution in [2.45, 2.75) is 30.1 Å². The highest BCUT2D eigenvalue weighted by molar-refractivity contribution is 14.1. The molecule has 3 heteroatoms. The van der Waals surface area contributed by atoms with E-state index < -0.39 is 0 Å². The lowest BCUT2D eigenvalue weighted by atomic mass is 10.1. The Labute approximate surface area is 80.8 Å². The van der Waals surface area contributed by atoms with Crippen LogP contribution >= 0.6 is 22.6 Å². The maximum atomic E-state index is 11.2. The number of carbonyl (C=O) groups excluding carboxylic acids is 1. The Kier molecular flexibility index (Phi) is 3.62. The average molecular weight is 268 g/mol. The lowest BCUT2D eigenvalue weighted by Crippen LogP contribution is -2.21. The number of hydrogen-bond donors (Lipinski definition) is 0. The van der Waals surface area contributed by atoms with E-state index in [2.05, 4.69) is 22.6 Å². The van der Waals surface area contributed by atoms with Gasteiger partial charge in [-0.1, -0.05) is 29.0 Å². The van der Waals surface area contributed by atoms with Gasteiger partial charge in [-0.25, -0.2) is 0 Å². The second-order valence-corrected chi connectivity index (χ2v) is 4.41. The SMILES string of the molecule is CCOC(=O)[C@@H]1CCC[C@H]1I. The van der Waals surface area contributed by atoms with E-state index in [9.17, 15) is 4.79 Å². The monoisotopic (exact) mass is 268 g/mol. The number of ether oxygens (including phenoxy) is 1. The summed E-state index contributed by atoms with van der Waals surface area (Å²) in [4.78, 5) is 11.2. The van der Waals surface area contributed by atoms with Crippen LogP contribution in [-0.4, -0.2) is 16.5 Å². The van der Waals surface area contributed by atoms with Crippen LogP contribution in [0.4, 0.5) is 0 Å². The molecule has 0 aromatic rings. The summed E-state index contributed by atoms with van der Waals surface area (Å²) in [6.45, 7) is 2.37. The second kappa shape index (κ2) is 4.28. The van der Waals surface area contributed by atoms with E-state index in [1.165, 1.54) is 12.8 Å². The molecule has 0 aromatic carbocycles. The summed E-state index contributed by atoms with van der Waals surface area (Å²) in [5.41, 5.74) is 0. The van der Waals surface area contributed by atoms with Gasteiger partial charge in [0, 0.05) is 3.92 Å². The van der Waals surface area contributed by atoms with E-state index in [1.807, 2.05) is 6.92 Å². The Morgan fingerprint density at radius 2 is 2.36 bits per heavy atom. The molecule has 0 aromatic heterocycles. The third kappa shape index (κ3) is 2.32. The zero-order valence-electron chi connectivity index (χ0n) is 6.68. The number of esters is 1. The molecule has 2 nitrogen and oxygen atoms in total. The molecular formula is C8H13IO2. The van der Waals surface area contributed by atoms with Crippen LogP contribution in [0.3, 0.4) is 0 Å². The number of carbonyl (C=O) groups is 1. The highest BCUT2D eigenvalue weighted by atomic mass is 127. The molecule has 1 aliphatic carbocycles. The molecule has 1 rings (SSSR count). The lowest BCUT2D eigenvalue weighted by Gasteiger charge is -2.11. The highest BCUT2D eigenvalue weighted by Crippen LogP contribution is 2.32. The predicted molar refractivity (Wildman–Crippen MR) is 51.8 cm³/mol.